The van der Waals surface area contributed by atoms with Gasteiger partial charge in [-0.1, -0.05) is 27.2 Å². The minimum Gasteiger partial charge on any atom is -0.327 e. The molecule has 0 saturated carbocycles. The zero-order chi connectivity index (χ0) is 9.84. The Morgan fingerprint density at radius 2 is 2.08 bits per heavy atom. The van der Waals surface area contributed by atoms with Gasteiger partial charge in [-0.05, 0) is 6.42 Å². The van der Waals surface area contributed by atoms with Crippen molar-refractivity contribution in [3.05, 3.63) is 0 Å². The van der Waals surface area contributed by atoms with Gasteiger partial charge in [0.25, 0.3) is 0 Å². The second-order valence-electron chi connectivity index (χ2n) is 3.87. The van der Waals surface area contributed by atoms with Crippen molar-refractivity contribution in [1.29, 1.82) is 0 Å². The predicted molar refractivity (Wildman–Crippen MR) is 65.6 cm³/mol. The van der Waals surface area contributed by atoms with Crippen LogP contribution >= 0.6 is 23.5 Å². The van der Waals surface area contributed by atoms with Crippen LogP contribution in [0.4, 0.5) is 0 Å². The summed E-state index contributed by atoms with van der Waals surface area (Å²) < 4.78 is 0. The molecule has 4 unspecified atom stereocenters. The van der Waals surface area contributed by atoms with Crippen LogP contribution < -0.4 is 5.73 Å². The second-order valence-corrected chi connectivity index (χ2v) is 6.90. The van der Waals surface area contributed by atoms with E-state index in [0.717, 1.165) is 10.5 Å². The summed E-state index contributed by atoms with van der Waals surface area (Å²) in [6.07, 6.45) is 2.39. The number of thioether (sulfide) groups is 2. The Morgan fingerprint density at radius 3 is 2.62 bits per heavy atom. The van der Waals surface area contributed by atoms with Crippen LogP contribution in [0, 0.1) is 0 Å². The fraction of sp³-hybridized carbons (Fsp3) is 1.00. The summed E-state index contributed by atoms with van der Waals surface area (Å²) in [6, 6.07) is 0.414. The average Bonchev–Trinajstić information content (AvgIpc) is 2.10. The van der Waals surface area contributed by atoms with Gasteiger partial charge in [-0.25, -0.2) is 0 Å². The number of hydrogen-bond donors (Lipinski definition) is 1. The van der Waals surface area contributed by atoms with Crippen molar-refractivity contribution >= 4 is 23.5 Å². The molecule has 2 N–H and O–H groups in total. The Hall–Kier alpha value is 0.660. The summed E-state index contributed by atoms with van der Waals surface area (Å²) in [5.74, 6) is 1.25. The van der Waals surface area contributed by atoms with E-state index in [1.807, 2.05) is 0 Å². The van der Waals surface area contributed by atoms with E-state index in [1.165, 1.54) is 18.6 Å². The van der Waals surface area contributed by atoms with Gasteiger partial charge in [-0.2, -0.15) is 23.5 Å². The number of hydrogen-bond acceptors (Lipinski definition) is 3. The molecule has 78 valence electrons. The van der Waals surface area contributed by atoms with E-state index < -0.39 is 0 Å². The van der Waals surface area contributed by atoms with Crippen molar-refractivity contribution in [3.8, 4) is 0 Å². The molecule has 13 heavy (non-hydrogen) atoms. The van der Waals surface area contributed by atoms with Gasteiger partial charge in [0, 0.05) is 27.5 Å². The Balaban J connectivity index is 2.36. The standard InChI is InChI=1S/C10H21NS2/c1-4-5-9(11)10-6-12-7(2)8(3)13-10/h7-10H,4-6,11H2,1-3H3. The molecule has 1 heterocycles. The zero-order valence-corrected chi connectivity index (χ0v) is 10.5. The average molecular weight is 219 g/mol. The molecule has 3 heteroatoms. The van der Waals surface area contributed by atoms with Crippen LogP contribution in [0.15, 0.2) is 0 Å². The Morgan fingerprint density at radius 1 is 1.38 bits per heavy atom. The van der Waals surface area contributed by atoms with Crippen molar-refractivity contribution in [2.75, 3.05) is 5.75 Å². The third kappa shape index (κ3) is 3.37. The van der Waals surface area contributed by atoms with E-state index in [2.05, 4.69) is 44.3 Å². The lowest BCUT2D eigenvalue weighted by atomic mass is 10.1. The smallest absolute Gasteiger partial charge is 0.0292 e. The topological polar surface area (TPSA) is 26.0 Å². The summed E-state index contributed by atoms with van der Waals surface area (Å²) in [5.41, 5.74) is 6.13. The van der Waals surface area contributed by atoms with Crippen LogP contribution in [0.3, 0.4) is 0 Å². The van der Waals surface area contributed by atoms with Gasteiger partial charge in [-0.3, -0.25) is 0 Å². The highest BCUT2D eigenvalue weighted by Gasteiger charge is 2.28. The predicted octanol–water partition coefficient (Wildman–Crippen LogP) is 2.74. The summed E-state index contributed by atoms with van der Waals surface area (Å²) in [5, 5.41) is 2.26. The molecule has 1 aliphatic rings. The maximum Gasteiger partial charge on any atom is 0.0292 e. The van der Waals surface area contributed by atoms with Gasteiger partial charge >= 0.3 is 0 Å². The number of nitrogens with two attached hydrogens (primary N) is 1. The molecule has 1 rings (SSSR count). The molecule has 4 atom stereocenters. The summed E-state index contributed by atoms with van der Waals surface area (Å²) >= 11 is 4.18. The molecule has 0 aromatic heterocycles. The monoisotopic (exact) mass is 219 g/mol. The number of rotatable bonds is 3. The van der Waals surface area contributed by atoms with E-state index in [9.17, 15) is 0 Å². The van der Waals surface area contributed by atoms with Crippen molar-refractivity contribution in [3.63, 3.8) is 0 Å². The van der Waals surface area contributed by atoms with Crippen LogP contribution in [0.25, 0.3) is 0 Å². The largest absolute Gasteiger partial charge is 0.327 e. The van der Waals surface area contributed by atoms with Crippen LogP contribution in [0.1, 0.15) is 33.6 Å². The van der Waals surface area contributed by atoms with Crippen molar-refractivity contribution in [2.45, 2.75) is 55.4 Å². The maximum absolute atomic E-state index is 6.13. The molecular formula is C10H21NS2. The fourth-order valence-electron chi connectivity index (χ4n) is 1.55. The van der Waals surface area contributed by atoms with E-state index in [-0.39, 0.29) is 0 Å². The molecule has 0 aromatic carbocycles. The molecule has 0 aromatic rings. The van der Waals surface area contributed by atoms with E-state index in [4.69, 9.17) is 5.73 Å². The molecule has 1 aliphatic heterocycles. The summed E-state index contributed by atoms with van der Waals surface area (Å²) in [6.45, 7) is 6.86. The third-order valence-corrected chi connectivity index (χ3v) is 6.25. The summed E-state index contributed by atoms with van der Waals surface area (Å²) in [7, 11) is 0. The van der Waals surface area contributed by atoms with Crippen LogP contribution in [0.2, 0.25) is 0 Å². The highest BCUT2D eigenvalue weighted by atomic mass is 32.2. The first-order chi connectivity index (χ1) is 6.15. The first-order valence-electron chi connectivity index (χ1n) is 5.17. The minimum atomic E-state index is 0.414. The van der Waals surface area contributed by atoms with Gasteiger partial charge in [-0.15, -0.1) is 0 Å². The molecule has 0 radical (unpaired) electrons. The van der Waals surface area contributed by atoms with Gasteiger partial charge in [0.2, 0.25) is 0 Å². The molecule has 1 fully saturated rings. The van der Waals surface area contributed by atoms with Crippen LogP contribution in [-0.2, 0) is 0 Å². The lowest BCUT2D eigenvalue weighted by molar-refractivity contribution is 0.596. The molecule has 0 aliphatic carbocycles. The van der Waals surface area contributed by atoms with Gasteiger partial charge < -0.3 is 5.73 Å². The normalized spacial score (nSPS) is 37.4. The van der Waals surface area contributed by atoms with Crippen LogP contribution in [-0.4, -0.2) is 27.5 Å². The third-order valence-electron chi connectivity index (χ3n) is 2.67. The fourth-order valence-corrected chi connectivity index (χ4v) is 4.65. The lowest BCUT2D eigenvalue weighted by Gasteiger charge is -2.34. The Bertz CT molecular complexity index is 152. The first-order valence-corrected chi connectivity index (χ1v) is 7.17. The van der Waals surface area contributed by atoms with Crippen molar-refractivity contribution in [2.24, 2.45) is 5.73 Å². The minimum absolute atomic E-state index is 0.414. The van der Waals surface area contributed by atoms with Gasteiger partial charge in [0.05, 0.1) is 0 Å². The molecule has 1 saturated heterocycles. The maximum atomic E-state index is 6.13. The van der Waals surface area contributed by atoms with E-state index >= 15 is 0 Å². The molecule has 1 nitrogen and oxygen atoms in total. The second kappa shape index (κ2) is 5.52. The molecule has 0 amide bonds. The SMILES string of the molecule is CCCC(N)C1CSC(C)C(C)S1. The Labute approximate surface area is 90.6 Å². The Kier molecular flexibility index (Phi) is 4.98. The molecule has 0 bridgehead atoms. The highest BCUT2D eigenvalue weighted by molar-refractivity contribution is 8.07. The first kappa shape index (κ1) is 11.7. The van der Waals surface area contributed by atoms with Gasteiger partial charge in [0.1, 0.15) is 0 Å². The van der Waals surface area contributed by atoms with Gasteiger partial charge in [0.15, 0.2) is 0 Å². The van der Waals surface area contributed by atoms with E-state index in [0.29, 0.717) is 11.3 Å². The van der Waals surface area contributed by atoms with Crippen LogP contribution in [0.5, 0.6) is 0 Å². The molecule has 0 spiro atoms. The molecular weight excluding hydrogens is 198 g/mol. The zero-order valence-electron chi connectivity index (χ0n) is 8.82. The summed E-state index contributed by atoms with van der Waals surface area (Å²) in [4.78, 5) is 0. The van der Waals surface area contributed by atoms with E-state index in [1.54, 1.807) is 0 Å². The van der Waals surface area contributed by atoms with Crippen molar-refractivity contribution < 1.29 is 0 Å². The van der Waals surface area contributed by atoms with Crippen molar-refractivity contribution in [1.82, 2.24) is 0 Å². The quantitative estimate of drug-likeness (QED) is 0.790. The highest BCUT2D eigenvalue weighted by Crippen LogP contribution is 2.37. The lowest BCUT2D eigenvalue weighted by Crippen LogP contribution is -2.39.